The molecule has 0 spiro atoms. The maximum atomic E-state index is 12.2. The van der Waals surface area contributed by atoms with E-state index in [4.69, 9.17) is 27.9 Å². The molecule has 3 unspecified atom stereocenters. The summed E-state index contributed by atoms with van der Waals surface area (Å²) in [6.07, 6.45) is -0.227. The first kappa shape index (κ1) is 17.7. The van der Waals surface area contributed by atoms with Gasteiger partial charge in [-0.1, -0.05) is 23.2 Å². The lowest BCUT2D eigenvalue weighted by molar-refractivity contribution is -0.126. The number of ether oxygens (including phenoxy) is 1. The summed E-state index contributed by atoms with van der Waals surface area (Å²) in [7, 11) is 0. The third-order valence-electron chi connectivity index (χ3n) is 5.41. The number of rotatable bonds is 4. The van der Waals surface area contributed by atoms with Crippen molar-refractivity contribution in [2.75, 3.05) is 26.2 Å². The molecule has 26 heavy (non-hydrogen) atoms. The molecule has 1 aromatic rings. The molecule has 3 aliphatic heterocycles. The number of cyclic esters (lactones) is 1. The van der Waals surface area contributed by atoms with Crippen LogP contribution >= 0.6 is 23.2 Å². The summed E-state index contributed by atoms with van der Waals surface area (Å²) in [5.41, 5.74) is 0.560. The van der Waals surface area contributed by atoms with Crippen LogP contribution in [0, 0.1) is 5.92 Å². The Labute approximate surface area is 160 Å². The van der Waals surface area contributed by atoms with Gasteiger partial charge in [-0.25, -0.2) is 4.79 Å². The minimum absolute atomic E-state index is 0.0123. The monoisotopic (exact) mass is 399 g/mol. The van der Waals surface area contributed by atoms with Gasteiger partial charge in [-0.05, 0) is 18.6 Å². The highest BCUT2D eigenvalue weighted by Crippen LogP contribution is 2.45. The fourth-order valence-corrected chi connectivity index (χ4v) is 4.33. The second kappa shape index (κ2) is 6.79. The second-order valence-corrected chi connectivity index (χ2v) is 7.75. The summed E-state index contributed by atoms with van der Waals surface area (Å²) >= 11 is 12.4. The van der Waals surface area contributed by atoms with Gasteiger partial charge in [-0.3, -0.25) is 4.79 Å². The van der Waals surface area contributed by atoms with Crippen LogP contribution < -0.4 is 10.6 Å². The number of hydrogen-bond acceptors (Lipinski definition) is 5. The van der Waals surface area contributed by atoms with Crippen molar-refractivity contribution < 1.29 is 19.4 Å². The van der Waals surface area contributed by atoms with E-state index < -0.39 is 12.2 Å². The molecule has 0 aliphatic carbocycles. The van der Waals surface area contributed by atoms with Gasteiger partial charge in [0.2, 0.25) is 5.91 Å². The van der Waals surface area contributed by atoms with Crippen molar-refractivity contribution in [2.24, 2.45) is 5.92 Å². The van der Waals surface area contributed by atoms with Crippen molar-refractivity contribution in [1.29, 1.82) is 0 Å². The van der Waals surface area contributed by atoms with E-state index in [2.05, 4.69) is 10.6 Å². The molecule has 0 saturated carbocycles. The van der Waals surface area contributed by atoms with Gasteiger partial charge in [0.25, 0.3) is 0 Å². The number of phenolic OH excluding ortho intramolecular Hbond substituents is 1. The van der Waals surface area contributed by atoms with Crippen molar-refractivity contribution in [3.05, 3.63) is 27.7 Å². The normalized spacial score (nSPS) is 27.8. The number of fused-ring (bicyclic) bond motifs is 1. The number of benzene rings is 1. The molecule has 3 aliphatic rings. The Bertz CT molecular complexity index is 756. The summed E-state index contributed by atoms with van der Waals surface area (Å²) < 4.78 is 5.41. The van der Waals surface area contributed by atoms with E-state index in [-0.39, 0.29) is 36.1 Å². The predicted molar refractivity (Wildman–Crippen MR) is 95.6 cm³/mol. The Hall–Kier alpha value is -1.70. The molecule has 0 bridgehead atoms. The molecule has 2 amide bonds. The Morgan fingerprint density at radius 1 is 1.38 bits per heavy atom. The molecule has 3 atom stereocenters. The van der Waals surface area contributed by atoms with Gasteiger partial charge in [0.1, 0.15) is 11.9 Å². The quantitative estimate of drug-likeness (QED) is 0.716. The zero-order chi connectivity index (χ0) is 18.4. The average molecular weight is 400 g/mol. The Morgan fingerprint density at radius 3 is 2.85 bits per heavy atom. The van der Waals surface area contributed by atoms with Crippen molar-refractivity contribution in [1.82, 2.24) is 15.5 Å². The van der Waals surface area contributed by atoms with E-state index in [1.165, 1.54) is 6.07 Å². The molecule has 1 aromatic carbocycles. The van der Waals surface area contributed by atoms with E-state index in [1.54, 1.807) is 11.0 Å². The zero-order valence-electron chi connectivity index (χ0n) is 13.9. The van der Waals surface area contributed by atoms with Crippen LogP contribution in [0.15, 0.2) is 12.1 Å². The fraction of sp³-hybridized carbons (Fsp3) is 0.529. The minimum Gasteiger partial charge on any atom is -0.508 e. The molecule has 3 fully saturated rings. The van der Waals surface area contributed by atoms with Crippen LogP contribution in [0.4, 0.5) is 4.79 Å². The minimum atomic E-state index is -0.412. The molecule has 7 nitrogen and oxygen atoms in total. The van der Waals surface area contributed by atoms with E-state index in [9.17, 15) is 14.7 Å². The number of amides is 2. The third-order valence-corrected chi connectivity index (χ3v) is 6.23. The predicted octanol–water partition coefficient (Wildman–Crippen LogP) is 1.71. The van der Waals surface area contributed by atoms with Crippen LogP contribution in [-0.2, 0) is 9.53 Å². The molecule has 9 heteroatoms. The standard InChI is InChI=1S/C17H19Cl2N3O4/c18-10-1-2-12(23)14(15(10)19)8-3-11-13(26-17(25)22(11)7-8)6-21-16(24)9-4-20-5-9/h1-2,8-9,11,13,20,23H,3-7H2,(H,21,24). The smallest absolute Gasteiger partial charge is 0.410 e. The van der Waals surface area contributed by atoms with Gasteiger partial charge < -0.3 is 25.4 Å². The summed E-state index contributed by atoms with van der Waals surface area (Å²) in [5.74, 6) is -0.0977. The fourth-order valence-electron chi connectivity index (χ4n) is 3.86. The van der Waals surface area contributed by atoms with Crippen LogP contribution in [0.5, 0.6) is 5.75 Å². The van der Waals surface area contributed by atoms with E-state index >= 15 is 0 Å². The zero-order valence-corrected chi connectivity index (χ0v) is 15.4. The maximum absolute atomic E-state index is 12.2. The Morgan fingerprint density at radius 2 is 2.15 bits per heavy atom. The lowest BCUT2D eigenvalue weighted by atomic mass is 9.93. The molecule has 140 valence electrons. The van der Waals surface area contributed by atoms with Gasteiger partial charge in [0.15, 0.2) is 0 Å². The van der Waals surface area contributed by atoms with Gasteiger partial charge >= 0.3 is 6.09 Å². The summed E-state index contributed by atoms with van der Waals surface area (Å²) in [6, 6.07) is 2.89. The third kappa shape index (κ3) is 2.98. The van der Waals surface area contributed by atoms with Gasteiger partial charge in [0.05, 0.1) is 28.5 Å². The second-order valence-electron chi connectivity index (χ2n) is 6.97. The number of hydrogen-bond donors (Lipinski definition) is 3. The number of carbonyl (C=O) groups excluding carboxylic acids is 2. The molecular formula is C17H19Cl2N3O4. The number of phenols is 1. The van der Waals surface area contributed by atoms with Crippen LogP contribution in [-0.4, -0.2) is 60.3 Å². The average Bonchev–Trinajstić information content (AvgIpc) is 3.09. The number of nitrogens with zero attached hydrogens (tertiary/aromatic N) is 1. The van der Waals surface area contributed by atoms with Gasteiger partial charge in [-0.2, -0.15) is 0 Å². The lowest BCUT2D eigenvalue weighted by Gasteiger charge is -2.26. The first-order valence-corrected chi connectivity index (χ1v) is 9.34. The van der Waals surface area contributed by atoms with Crippen LogP contribution in [0.2, 0.25) is 10.0 Å². The summed E-state index contributed by atoms with van der Waals surface area (Å²) in [5, 5.41) is 16.8. The van der Waals surface area contributed by atoms with Crippen molar-refractivity contribution in [3.8, 4) is 5.75 Å². The highest BCUT2D eigenvalue weighted by Gasteiger charge is 2.49. The molecule has 3 heterocycles. The Kier molecular flexibility index (Phi) is 4.62. The number of halogens is 2. The van der Waals surface area contributed by atoms with Gasteiger partial charge in [0, 0.05) is 31.1 Å². The van der Waals surface area contributed by atoms with Gasteiger partial charge in [-0.15, -0.1) is 0 Å². The summed E-state index contributed by atoms with van der Waals surface area (Å²) in [6.45, 7) is 2.04. The van der Waals surface area contributed by atoms with Crippen LogP contribution in [0.3, 0.4) is 0 Å². The van der Waals surface area contributed by atoms with Crippen LogP contribution in [0.25, 0.3) is 0 Å². The molecule has 0 radical (unpaired) electrons. The van der Waals surface area contributed by atoms with Crippen molar-refractivity contribution >= 4 is 35.2 Å². The Balaban J connectivity index is 1.46. The lowest BCUT2D eigenvalue weighted by Crippen LogP contribution is -2.52. The van der Waals surface area contributed by atoms with E-state index in [1.807, 2.05) is 0 Å². The van der Waals surface area contributed by atoms with E-state index in [0.29, 0.717) is 41.7 Å². The van der Waals surface area contributed by atoms with E-state index in [0.717, 1.165) is 0 Å². The summed E-state index contributed by atoms with van der Waals surface area (Å²) in [4.78, 5) is 25.8. The van der Waals surface area contributed by atoms with Crippen molar-refractivity contribution in [2.45, 2.75) is 24.5 Å². The maximum Gasteiger partial charge on any atom is 0.410 e. The van der Waals surface area contributed by atoms with Crippen LogP contribution in [0.1, 0.15) is 17.9 Å². The van der Waals surface area contributed by atoms with Crippen molar-refractivity contribution in [3.63, 3.8) is 0 Å². The molecule has 4 rings (SSSR count). The molecule has 3 N–H and O–H groups in total. The first-order valence-electron chi connectivity index (χ1n) is 8.58. The highest BCUT2D eigenvalue weighted by molar-refractivity contribution is 6.42. The highest BCUT2D eigenvalue weighted by atomic mass is 35.5. The molecular weight excluding hydrogens is 381 g/mol. The largest absolute Gasteiger partial charge is 0.508 e. The number of carbonyl (C=O) groups is 2. The molecule has 0 aromatic heterocycles. The number of nitrogens with one attached hydrogen (secondary N) is 2. The first-order chi connectivity index (χ1) is 12.5. The molecule has 3 saturated heterocycles. The topological polar surface area (TPSA) is 90.9 Å². The number of aromatic hydroxyl groups is 1. The SMILES string of the molecule is O=C(NCC1OC(=O)N2CC(c3c(O)ccc(Cl)c3Cl)CC12)C1CNC1.